The lowest BCUT2D eigenvalue weighted by atomic mass is 10.0. The van der Waals surface area contributed by atoms with E-state index in [0.717, 1.165) is 32.7 Å². The maximum atomic E-state index is 5.87. The monoisotopic (exact) mass is 290 g/mol. The second-order valence-corrected chi connectivity index (χ2v) is 7.10. The lowest BCUT2D eigenvalue weighted by molar-refractivity contribution is -0.0209. The number of piperazine rings is 1. The highest BCUT2D eigenvalue weighted by Crippen LogP contribution is 2.12. The van der Waals surface area contributed by atoms with Crippen molar-refractivity contribution < 1.29 is 4.74 Å². The molecule has 0 saturated carbocycles. The third kappa shape index (κ3) is 5.77. The zero-order chi connectivity index (χ0) is 15.3. The molecule has 1 aliphatic heterocycles. The first-order valence-electron chi connectivity index (χ1n) is 8.09. The van der Waals surface area contributed by atoms with Crippen molar-refractivity contribution in [1.29, 1.82) is 0 Å². The normalized spacial score (nSPS) is 24.2. The summed E-state index contributed by atoms with van der Waals surface area (Å²) in [7, 11) is 0. The van der Waals surface area contributed by atoms with E-state index >= 15 is 0 Å². The number of hydrogen-bond donors (Lipinski definition) is 1. The fourth-order valence-electron chi connectivity index (χ4n) is 2.81. The molecule has 3 nitrogen and oxygen atoms in total. The number of rotatable bonds is 5. The van der Waals surface area contributed by atoms with Crippen LogP contribution in [0.5, 0.6) is 0 Å². The molecule has 1 aromatic carbocycles. The molecule has 1 N–H and O–H groups in total. The van der Waals surface area contributed by atoms with Gasteiger partial charge >= 0.3 is 0 Å². The van der Waals surface area contributed by atoms with E-state index in [1.54, 1.807) is 0 Å². The Morgan fingerprint density at radius 1 is 1.24 bits per heavy atom. The van der Waals surface area contributed by atoms with E-state index in [1.807, 2.05) is 0 Å². The summed E-state index contributed by atoms with van der Waals surface area (Å²) < 4.78 is 5.87. The predicted molar refractivity (Wildman–Crippen MR) is 88.7 cm³/mol. The van der Waals surface area contributed by atoms with Crippen LogP contribution in [0.2, 0.25) is 0 Å². The quantitative estimate of drug-likeness (QED) is 0.902. The Labute approximate surface area is 129 Å². The minimum absolute atomic E-state index is 0.0410. The highest BCUT2D eigenvalue weighted by molar-refractivity contribution is 5.16. The maximum absolute atomic E-state index is 5.87. The Balaban J connectivity index is 1.81. The molecule has 2 atom stereocenters. The summed E-state index contributed by atoms with van der Waals surface area (Å²) in [5.74, 6) is 0. The van der Waals surface area contributed by atoms with Crippen molar-refractivity contribution >= 4 is 0 Å². The van der Waals surface area contributed by atoms with E-state index in [1.165, 1.54) is 5.56 Å². The van der Waals surface area contributed by atoms with E-state index in [2.05, 4.69) is 68.2 Å². The van der Waals surface area contributed by atoms with Crippen LogP contribution in [-0.2, 0) is 11.2 Å². The van der Waals surface area contributed by atoms with Crippen LogP contribution in [0.1, 0.15) is 33.3 Å². The largest absolute Gasteiger partial charge is 0.375 e. The highest BCUT2D eigenvalue weighted by Gasteiger charge is 2.25. The molecule has 0 bridgehead atoms. The Bertz CT molecular complexity index is 413. The van der Waals surface area contributed by atoms with Crippen molar-refractivity contribution in [3.05, 3.63) is 35.9 Å². The molecule has 2 rings (SSSR count). The van der Waals surface area contributed by atoms with E-state index in [4.69, 9.17) is 4.74 Å². The van der Waals surface area contributed by atoms with Crippen LogP contribution in [0, 0.1) is 0 Å². The van der Waals surface area contributed by atoms with Crippen molar-refractivity contribution in [1.82, 2.24) is 10.2 Å². The molecule has 0 radical (unpaired) electrons. The molecular formula is C18H30N2O. The van der Waals surface area contributed by atoms with Gasteiger partial charge in [0.25, 0.3) is 0 Å². The van der Waals surface area contributed by atoms with E-state index in [9.17, 15) is 0 Å². The van der Waals surface area contributed by atoms with Crippen molar-refractivity contribution in [2.45, 2.75) is 51.8 Å². The number of nitrogens with zero attached hydrogens (tertiary/aromatic N) is 1. The minimum Gasteiger partial charge on any atom is -0.375 e. The Morgan fingerprint density at radius 2 is 1.95 bits per heavy atom. The minimum atomic E-state index is -0.0410. The molecule has 1 fully saturated rings. The summed E-state index contributed by atoms with van der Waals surface area (Å²) in [6, 6.07) is 11.9. The smallest absolute Gasteiger partial charge is 0.0600 e. The second-order valence-electron chi connectivity index (χ2n) is 7.10. The van der Waals surface area contributed by atoms with Gasteiger partial charge in [-0.05, 0) is 39.7 Å². The van der Waals surface area contributed by atoms with Gasteiger partial charge in [0.05, 0.1) is 12.2 Å². The van der Waals surface area contributed by atoms with Crippen LogP contribution < -0.4 is 5.32 Å². The van der Waals surface area contributed by atoms with Crippen LogP contribution in [0.25, 0.3) is 0 Å². The highest BCUT2D eigenvalue weighted by atomic mass is 16.5. The zero-order valence-electron chi connectivity index (χ0n) is 13.9. The summed E-state index contributed by atoms with van der Waals surface area (Å²) in [6.45, 7) is 12.6. The fourth-order valence-corrected chi connectivity index (χ4v) is 2.81. The molecule has 1 aliphatic rings. The molecule has 0 aromatic heterocycles. The zero-order valence-corrected chi connectivity index (χ0v) is 13.9. The van der Waals surface area contributed by atoms with Gasteiger partial charge < -0.3 is 10.1 Å². The third-order valence-electron chi connectivity index (χ3n) is 4.02. The van der Waals surface area contributed by atoms with Crippen molar-refractivity contribution in [3.8, 4) is 0 Å². The Kier molecular flexibility index (Phi) is 5.80. The molecule has 1 heterocycles. The van der Waals surface area contributed by atoms with Gasteiger partial charge in [-0.1, -0.05) is 30.3 Å². The lowest BCUT2D eigenvalue weighted by Gasteiger charge is -2.39. The molecule has 118 valence electrons. The Hall–Kier alpha value is -0.900. The molecule has 0 aliphatic carbocycles. The van der Waals surface area contributed by atoms with Gasteiger partial charge in [-0.15, -0.1) is 0 Å². The SMILES string of the molecule is CC1CNC(Cc2ccccc2)CN1CCOC(C)(C)C. The van der Waals surface area contributed by atoms with Crippen LogP contribution in [0.4, 0.5) is 0 Å². The van der Waals surface area contributed by atoms with Crippen LogP contribution >= 0.6 is 0 Å². The van der Waals surface area contributed by atoms with E-state index in [0.29, 0.717) is 12.1 Å². The van der Waals surface area contributed by atoms with Crippen LogP contribution in [0.15, 0.2) is 30.3 Å². The average Bonchev–Trinajstić information content (AvgIpc) is 2.42. The number of benzene rings is 1. The van der Waals surface area contributed by atoms with Crippen molar-refractivity contribution in [2.24, 2.45) is 0 Å². The molecular weight excluding hydrogens is 260 g/mol. The van der Waals surface area contributed by atoms with Crippen molar-refractivity contribution in [3.63, 3.8) is 0 Å². The molecule has 1 aromatic rings. The predicted octanol–water partition coefficient (Wildman–Crippen LogP) is 2.71. The second kappa shape index (κ2) is 7.39. The third-order valence-corrected chi connectivity index (χ3v) is 4.02. The van der Waals surface area contributed by atoms with Gasteiger partial charge in [-0.25, -0.2) is 0 Å². The van der Waals surface area contributed by atoms with Crippen molar-refractivity contribution in [2.75, 3.05) is 26.2 Å². The van der Waals surface area contributed by atoms with E-state index < -0.39 is 0 Å². The van der Waals surface area contributed by atoms with Gasteiger partial charge in [0, 0.05) is 31.7 Å². The van der Waals surface area contributed by atoms with Crippen LogP contribution in [-0.4, -0.2) is 48.8 Å². The Morgan fingerprint density at radius 3 is 2.62 bits per heavy atom. The summed E-state index contributed by atoms with van der Waals surface area (Å²) >= 11 is 0. The first kappa shape index (κ1) is 16.5. The molecule has 21 heavy (non-hydrogen) atoms. The standard InChI is InChI=1S/C18H30N2O/c1-15-13-19-17(12-16-8-6-5-7-9-16)14-20(15)10-11-21-18(2,3)4/h5-9,15,17,19H,10-14H2,1-4H3. The number of ether oxygens (including phenoxy) is 1. The van der Waals surface area contributed by atoms with E-state index in [-0.39, 0.29) is 5.60 Å². The molecule has 2 unspecified atom stereocenters. The van der Waals surface area contributed by atoms with Gasteiger partial charge in [0.2, 0.25) is 0 Å². The topological polar surface area (TPSA) is 24.5 Å². The van der Waals surface area contributed by atoms with Crippen LogP contribution in [0.3, 0.4) is 0 Å². The molecule has 0 spiro atoms. The summed E-state index contributed by atoms with van der Waals surface area (Å²) in [5, 5.41) is 3.67. The molecule has 3 heteroatoms. The molecule has 1 saturated heterocycles. The molecule has 0 amide bonds. The van der Waals surface area contributed by atoms with Gasteiger partial charge in [0.15, 0.2) is 0 Å². The fraction of sp³-hybridized carbons (Fsp3) is 0.667. The van der Waals surface area contributed by atoms with Gasteiger partial charge in [-0.2, -0.15) is 0 Å². The van der Waals surface area contributed by atoms with Gasteiger partial charge in [0.1, 0.15) is 0 Å². The van der Waals surface area contributed by atoms with Gasteiger partial charge in [-0.3, -0.25) is 4.90 Å². The first-order valence-corrected chi connectivity index (χ1v) is 8.09. The average molecular weight is 290 g/mol. The number of nitrogens with one attached hydrogen (secondary N) is 1. The summed E-state index contributed by atoms with van der Waals surface area (Å²) in [6.07, 6.45) is 1.10. The lowest BCUT2D eigenvalue weighted by Crippen LogP contribution is -2.56. The maximum Gasteiger partial charge on any atom is 0.0600 e. The summed E-state index contributed by atoms with van der Waals surface area (Å²) in [4.78, 5) is 2.55. The first-order chi connectivity index (χ1) is 9.94. The summed E-state index contributed by atoms with van der Waals surface area (Å²) in [5.41, 5.74) is 1.37. The number of hydrogen-bond acceptors (Lipinski definition) is 3.